The molecule has 2 N–H and O–H groups in total. The Bertz CT molecular complexity index is 553. The maximum atomic E-state index is 6.34. The average molecular weight is 275 g/mol. The summed E-state index contributed by atoms with van der Waals surface area (Å²) in [6, 6.07) is 0. The van der Waals surface area contributed by atoms with Gasteiger partial charge in [0.2, 0.25) is 0 Å². The number of rotatable bonds is 7. The minimum Gasteiger partial charge on any atom is -0.383 e. The van der Waals surface area contributed by atoms with Crippen LogP contribution >= 0.6 is 0 Å². The lowest BCUT2D eigenvalue weighted by atomic mass is 10.3. The zero-order chi connectivity index (χ0) is 14.5. The zero-order valence-corrected chi connectivity index (χ0v) is 12.8. The van der Waals surface area contributed by atoms with Crippen LogP contribution in [0.4, 0.5) is 5.82 Å². The lowest BCUT2D eigenvalue weighted by molar-refractivity contribution is 0.637. The van der Waals surface area contributed by atoms with E-state index in [1.165, 1.54) is 0 Å². The number of aryl methyl sites for hydroxylation is 2. The molecule has 2 heterocycles. The van der Waals surface area contributed by atoms with Gasteiger partial charge in [0.15, 0.2) is 0 Å². The molecule has 2 aromatic heterocycles. The van der Waals surface area contributed by atoms with Crippen molar-refractivity contribution in [3.63, 3.8) is 0 Å². The third kappa shape index (κ3) is 2.71. The predicted molar refractivity (Wildman–Crippen MR) is 82.4 cm³/mol. The van der Waals surface area contributed by atoms with E-state index in [1.54, 1.807) is 0 Å². The van der Waals surface area contributed by atoms with Crippen molar-refractivity contribution in [3.05, 3.63) is 18.3 Å². The SMILES string of the molecule is CCCc1nc(-c2cncn2CCC)c(N)n1CCC. The van der Waals surface area contributed by atoms with Crippen LogP contribution < -0.4 is 5.73 Å². The Kier molecular flexibility index (Phi) is 4.82. The quantitative estimate of drug-likeness (QED) is 0.844. The number of hydrogen-bond donors (Lipinski definition) is 1. The van der Waals surface area contributed by atoms with Gasteiger partial charge in [-0.2, -0.15) is 0 Å². The first-order valence-corrected chi connectivity index (χ1v) is 7.58. The van der Waals surface area contributed by atoms with Gasteiger partial charge in [0.1, 0.15) is 17.3 Å². The molecule has 0 amide bonds. The minimum atomic E-state index is 0.771. The Hall–Kier alpha value is -1.78. The third-order valence-electron chi connectivity index (χ3n) is 3.43. The molecule has 0 aromatic carbocycles. The minimum absolute atomic E-state index is 0.771. The molecule has 5 nitrogen and oxygen atoms in total. The van der Waals surface area contributed by atoms with E-state index in [4.69, 9.17) is 10.7 Å². The molecule has 0 unspecified atom stereocenters. The van der Waals surface area contributed by atoms with Crippen LogP contribution in [0.25, 0.3) is 11.4 Å². The van der Waals surface area contributed by atoms with Crippen LogP contribution in [0.5, 0.6) is 0 Å². The van der Waals surface area contributed by atoms with Crippen molar-refractivity contribution in [2.45, 2.75) is 59.5 Å². The Morgan fingerprint density at radius 3 is 2.50 bits per heavy atom. The van der Waals surface area contributed by atoms with Gasteiger partial charge in [-0.25, -0.2) is 9.97 Å². The molecule has 0 saturated heterocycles. The summed E-state index contributed by atoms with van der Waals surface area (Å²) in [5.41, 5.74) is 8.24. The molecule has 0 aliphatic heterocycles. The summed E-state index contributed by atoms with van der Waals surface area (Å²) in [5, 5.41) is 0. The molecular formula is C15H25N5. The first kappa shape index (κ1) is 14.6. The van der Waals surface area contributed by atoms with Gasteiger partial charge < -0.3 is 14.9 Å². The molecule has 0 aliphatic carbocycles. The molecule has 0 fully saturated rings. The highest BCUT2D eigenvalue weighted by Crippen LogP contribution is 2.27. The van der Waals surface area contributed by atoms with E-state index in [-0.39, 0.29) is 0 Å². The van der Waals surface area contributed by atoms with Gasteiger partial charge in [-0.15, -0.1) is 0 Å². The second kappa shape index (κ2) is 6.59. The number of aromatic nitrogens is 4. The van der Waals surface area contributed by atoms with E-state index < -0.39 is 0 Å². The number of imidazole rings is 2. The van der Waals surface area contributed by atoms with Gasteiger partial charge in [-0.1, -0.05) is 20.8 Å². The summed E-state index contributed by atoms with van der Waals surface area (Å²) in [6.45, 7) is 8.36. The molecule has 0 spiro atoms. The van der Waals surface area contributed by atoms with Crippen molar-refractivity contribution in [1.29, 1.82) is 0 Å². The highest BCUT2D eigenvalue weighted by Gasteiger charge is 2.17. The average Bonchev–Trinajstić information content (AvgIpc) is 2.99. The zero-order valence-electron chi connectivity index (χ0n) is 12.8. The van der Waals surface area contributed by atoms with Gasteiger partial charge in [0.25, 0.3) is 0 Å². The van der Waals surface area contributed by atoms with Crippen LogP contribution in [0.3, 0.4) is 0 Å². The van der Waals surface area contributed by atoms with Gasteiger partial charge in [-0.05, 0) is 19.3 Å². The van der Waals surface area contributed by atoms with E-state index in [1.807, 2.05) is 12.5 Å². The van der Waals surface area contributed by atoms with Crippen molar-refractivity contribution in [2.24, 2.45) is 0 Å². The van der Waals surface area contributed by atoms with Gasteiger partial charge in [0.05, 0.1) is 18.2 Å². The summed E-state index contributed by atoms with van der Waals surface area (Å²) in [6.07, 6.45) is 7.89. The fourth-order valence-corrected chi connectivity index (χ4v) is 2.53. The number of nitrogen functional groups attached to an aromatic ring is 1. The monoisotopic (exact) mass is 275 g/mol. The first-order valence-electron chi connectivity index (χ1n) is 7.58. The van der Waals surface area contributed by atoms with Crippen LogP contribution in [0.2, 0.25) is 0 Å². The summed E-state index contributed by atoms with van der Waals surface area (Å²) in [7, 11) is 0. The van der Waals surface area contributed by atoms with Crippen molar-refractivity contribution in [2.75, 3.05) is 5.73 Å². The number of nitrogens with two attached hydrogens (primary N) is 1. The predicted octanol–water partition coefficient (Wildman–Crippen LogP) is 3.10. The Balaban J connectivity index is 2.45. The van der Waals surface area contributed by atoms with E-state index in [9.17, 15) is 0 Å². The molecule has 5 heteroatoms. The fraction of sp³-hybridized carbons (Fsp3) is 0.600. The van der Waals surface area contributed by atoms with Gasteiger partial charge in [0, 0.05) is 19.5 Å². The van der Waals surface area contributed by atoms with Gasteiger partial charge >= 0.3 is 0 Å². The second-order valence-corrected chi connectivity index (χ2v) is 5.14. The van der Waals surface area contributed by atoms with Crippen LogP contribution in [0, 0.1) is 0 Å². The van der Waals surface area contributed by atoms with E-state index in [0.717, 1.165) is 61.8 Å². The van der Waals surface area contributed by atoms with Crippen LogP contribution in [0.1, 0.15) is 45.9 Å². The number of anilines is 1. The molecule has 2 aromatic rings. The summed E-state index contributed by atoms with van der Waals surface area (Å²) in [4.78, 5) is 9.03. The maximum Gasteiger partial charge on any atom is 0.133 e. The Labute approximate surface area is 120 Å². The highest BCUT2D eigenvalue weighted by molar-refractivity contribution is 5.68. The standard InChI is InChI=1S/C15H25N5/c1-4-7-13-18-14(15(16)20(13)9-6-3)12-10-17-11-19(12)8-5-2/h10-11H,4-9,16H2,1-3H3. The fourth-order valence-electron chi connectivity index (χ4n) is 2.53. The summed E-state index contributed by atoms with van der Waals surface area (Å²) < 4.78 is 4.28. The third-order valence-corrected chi connectivity index (χ3v) is 3.43. The molecular weight excluding hydrogens is 250 g/mol. The Morgan fingerprint density at radius 1 is 1.10 bits per heavy atom. The van der Waals surface area contributed by atoms with E-state index >= 15 is 0 Å². The molecule has 2 rings (SSSR count). The smallest absolute Gasteiger partial charge is 0.133 e. The molecule has 0 atom stereocenters. The van der Waals surface area contributed by atoms with Crippen molar-refractivity contribution in [1.82, 2.24) is 19.1 Å². The largest absolute Gasteiger partial charge is 0.383 e. The highest BCUT2D eigenvalue weighted by atomic mass is 15.2. The first-order chi connectivity index (χ1) is 9.72. The van der Waals surface area contributed by atoms with Crippen LogP contribution in [0.15, 0.2) is 12.5 Å². The molecule has 110 valence electrons. The topological polar surface area (TPSA) is 61.7 Å². The second-order valence-electron chi connectivity index (χ2n) is 5.14. The molecule has 0 radical (unpaired) electrons. The number of nitrogens with zero attached hydrogens (tertiary/aromatic N) is 4. The lowest BCUT2D eigenvalue weighted by Crippen LogP contribution is -2.07. The van der Waals surface area contributed by atoms with Crippen LogP contribution in [-0.4, -0.2) is 19.1 Å². The Morgan fingerprint density at radius 2 is 1.85 bits per heavy atom. The van der Waals surface area contributed by atoms with E-state index in [2.05, 4.69) is 34.9 Å². The molecule has 20 heavy (non-hydrogen) atoms. The van der Waals surface area contributed by atoms with Crippen LogP contribution in [-0.2, 0) is 19.5 Å². The molecule has 0 saturated carbocycles. The van der Waals surface area contributed by atoms with Gasteiger partial charge in [-0.3, -0.25) is 0 Å². The van der Waals surface area contributed by atoms with Crippen molar-refractivity contribution >= 4 is 5.82 Å². The molecule has 0 bridgehead atoms. The normalized spacial score (nSPS) is 11.2. The van der Waals surface area contributed by atoms with E-state index in [0.29, 0.717) is 0 Å². The maximum absolute atomic E-state index is 6.34. The molecule has 0 aliphatic rings. The van der Waals surface area contributed by atoms with Crippen molar-refractivity contribution in [3.8, 4) is 11.4 Å². The summed E-state index contributed by atoms with van der Waals surface area (Å²) in [5.74, 6) is 1.86. The number of hydrogen-bond acceptors (Lipinski definition) is 3. The summed E-state index contributed by atoms with van der Waals surface area (Å²) >= 11 is 0. The lowest BCUT2D eigenvalue weighted by Gasteiger charge is -2.08. The van der Waals surface area contributed by atoms with Crippen molar-refractivity contribution < 1.29 is 0 Å².